The summed E-state index contributed by atoms with van der Waals surface area (Å²) in [6.45, 7) is 6.02. The van der Waals surface area contributed by atoms with Gasteiger partial charge < -0.3 is 23.7 Å². The van der Waals surface area contributed by atoms with Crippen LogP contribution in [0.5, 0.6) is 23.0 Å². The van der Waals surface area contributed by atoms with E-state index in [9.17, 15) is 4.79 Å². The molecule has 2 aliphatic rings. The van der Waals surface area contributed by atoms with Gasteiger partial charge in [0.15, 0.2) is 23.0 Å². The molecule has 2 heterocycles. The van der Waals surface area contributed by atoms with Crippen LogP contribution in [-0.4, -0.2) is 63.3 Å². The Hall–Kier alpha value is -2.82. The van der Waals surface area contributed by atoms with E-state index >= 15 is 0 Å². The van der Waals surface area contributed by atoms with E-state index in [2.05, 4.69) is 26.5 Å². The van der Waals surface area contributed by atoms with Crippen LogP contribution in [0.2, 0.25) is 0 Å². The zero-order valence-corrected chi connectivity index (χ0v) is 19.9. The first-order valence-electron chi connectivity index (χ1n) is 10.7. The third-order valence-electron chi connectivity index (χ3n) is 5.03. The number of nitrogens with zero attached hydrogens (tertiary/aromatic N) is 2. The highest BCUT2D eigenvalue weighted by molar-refractivity contribution is 9.10. The summed E-state index contributed by atoms with van der Waals surface area (Å²) in [5.74, 6) is 2.44. The molecule has 1 amide bonds. The second-order valence-corrected chi connectivity index (χ2v) is 8.28. The van der Waals surface area contributed by atoms with Crippen molar-refractivity contribution in [2.24, 2.45) is 5.10 Å². The zero-order chi connectivity index (χ0) is 23.0. The molecule has 0 radical (unpaired) electrons. The van der Waals surface area contributed by atoms with E-state index in [0.29, 0.717) is 50.2 Å². The van der Waals surface area contributed by atoms with Gasteiger partial charge in [-0.15, -0.1) is 0 Å². The van der Waals surface area contributed by atoms with Crippen LogP contribution < -0.4 is 24.4 Å². The fourth-order valence-corrected chi connectivity index (χ4v) is 4.00. The van der Waals surface area contributed by atoms with Crippen molar-refractivity contribution in [3.63, 3.8) is 0 Å². The average Bonchev–Trinajstić information content (AvgIpc) is 3.27. The smallest absolute Gasteiger partial charge is 0.254 e. The third-order valence-corrected chi connectivity index (χ3v) is 5.61. The standard InChI is InChI=1S/C23H26BrN3O6/c1-2-30-21-11-17(12-25-26-22(28)13-27-5-7-29-8-6-27)9-18(24)23(21)31-14-16-3-4-19-20(10-16)33-15-32-19/h3-4,9-12H,2,5-8,13-15H2,1H3,(H,26,28)/b25-12+. The summed E-state index contributed by atoms with van der Waals surface area (Å²) in [5, 5.41) is 4.08. The summed E-state index contributed by atoms with van der Waals surface area (Å²) in [5.41, 5.74) is 4.27. The molecule has 2 aliphatic heterocycles. The Balaban J connectivity index is 1.38. The summed E-state index contributed by atoms with van der Waals surface area (Å²) in [6, 6.07) is 9.38. The lowest BCUT2D eigenvalue weighted by molar-refractivity contribution is -0.123. The Bertz CT molecular complexity index is 1010. The number of carbonyl (C=O) groups excluding carboxylic acids is 1. The van der Waals surface area contributed by atoms with E-state index in [0.717, 1.165) is 34.4 Å². The minimum Gasteiger partial charge on any atom is -0.490 e. The summed E-state index contributed by atoms with van der Waals surface area (Å²) >= 11 is 3.56. The van der Waals surface area contributed by atoms with Crippen LogP contribution in [0.25, 0.3) is 0 Å². The van der Waals surface area contributed by atoms with E-state index in [1.54, 1.807) is 6.21 Å². The van der Waals surface area contributed by atoms with Gasteiger partial charge in [-0.3, -0.25) is 9.69 Å². The SMILES string of the molecule is CCOc1cc(/C=N/NC(=O)CN2CCOCC2)cc(Br)c1OCc1ccc2c(c1)OCO2. The maximum absolute atomic E-state index is 12.1. The maximum atomic E-state index is 12.1. The van der Waals surface area contributed by atoms with Gasteiger partial charge in [-0.2, -0.15) is 5.10 Å². The second-order valence-electron chi connectivity index (χ2n) is 7.42. The summed E-state index contributed by atoms with van der Waals surface area (Å²) in [4.78, 5) is 14.1. The Morgan fingerprint density at radius 1 is 1.18 bits per heavy atom. The molecule has 176 valence electrons. The molecule has 2 aromatic carbocycles. The summed E-state index contributed by atoms with van der Waals surface area (Å²) in [7, 11) is 0. The lowest BCUT2D eigenvalue weighted by atomic mass is 10.2. The number of rotatable bonds is 9. The highest BCUT2D eigenvalue weighted by Gasteiger charge is 2.16. The van der Waals surface area contributed by atoms with Crippen molar-refractivity contribution >= 4 is 28.1 Å². The van der Waals surface area contributed by atoms with Crippen molar-refractivity contribution < 1.29 is 28.5 Å². The van der Waals surface area contributed by atoms with Crippen LogP contribution in [0.15, 0.2) is 39.9 Å². The molecular weight excluding hydrogens is 494 g/mol. The molecule has 0 unspecified atom stereocenters. The first-order valence-corrected chi connectivity index (χ1v) is 11.5. The van der Waals surface area contributed by atoms with Crippen molar-refractivity contribution in [3.8, 4) is 23.0 Å². The van der Waals surface area contributed by atoms with Gasteiger partial charge in [-0.05, 0) is 58.2 Å². The highest BCUT2D eigenvalue weighted by Crippen LogP contribution is 2.38. The molecular formula is C23H26BrN3O6. The van der Waals surface area contributed by atoms with Crippen LogP contribution in [0, 0.1) is 0 Å². The molecule has 1 saturated heterocycles. The van der Waals surface area contributed by atoms with Gasteiger partial charge in [0, 0.05) is 13.1 Å². The van der Waals surface area contributed by atoms with Crippen LogP contribution in [0.4, 0.5) is 0 Å². The van der Waals surface area contributed by atoms with Crippen LogP contribution in [-0.2, 0) is 16.1 Å². The van der Waals surface area contributed by atoms with Crippen molar-refractivity contribution in [2.45, 2.75) is 13.5 Å². The summed E-state index contributed by atoms with van der Waals surface area (Å²) in [6.07, 6.45) is 1.58. The van der Waals surface area contributed by atoms with Crippen molar-refractivity contribution in [1.82, 2.24) is 10.3 Å². The van der Waals surface area contributed by atoms with E-state index < -0.39 is 0 Å². The Morgan fingerprint density at radius 3 is 2.82 bits per heavy atom. The van der Waals surface area contributed by atoms with E-state index in [1.807, 2.05) is 42.2 Å². The number of fused-ring (bicyclic) bond motifs is 1. The number of halogens is 1. The fraction of sp³-hybridized carbons (Fsp3) is 0.391. The number of hydrazone groups is 1. The number of amides is 1. The number of nitrogens with one attached hydrogen (secondary N) is 1. The van der Waals surface area contributed by atoms with E-state index in [-0.39, 0.29) is 12.7 Å². The predicted octanol–water partition coefficient (Wildman–Crippen LogP) is 2.94. The molecule has 0 bridgehead atoms. The van der Waals surface area contributed by atoms with Crippen LogP contribution in [0.3, 0.4) is 0 Å². The number of morpholine rings is 1. The minimum absolute atomic E-state index is 0.166. The molecule has 10 heteroatoms. The number of ether oxygens (including phenoxy) is 5. The highest BCUT2D eigenvalue weighted by atomic mass is 79.9. The first-order chi connectivity index (χ1) is 16.1. The largest absolute Gasteiger partial charge is 0.490 e. The molecule has 0 spiro atoms. The number of carbonyl (C=O) groups is 1. The predicted molar refractivity (Wildman–Crippen MR) is 125 cm³/mol. The molecule has 33 heavy (non-hydrogen) atoms. The van der Waals surface area contributed by atoms with Crippen molar-refractivity contribution in [3.05, 3.63) is 45.9 Å². The Labute approximate surface area is 200 Å². The van der Waals surface area contributed by atoms with Crippen molar-refractivity contribution in [2.75, 3.05) is 46.2 Å². The molecule has 0 saturated carbocycles. The molecule has 1 N–H and O–H groups in total. The van der Waals surface area contributed by atoms with Crippen LogP contribution in [0.1, 0.15) is 18.1 Å². The Morgan fingerprint density at radius 2 is 2.00 bits per heavy atom. The topological polar surface area (TPSA) is 90.9 Å². The normalized spacial score (nSPS) is 15.6. The van der Waals surface area contributed by atoms with Gasteiger partial charge in [0.25, 0.3) is 5.91 Å². The monoisotopic (exact) mass is 519 g/mol. The van der Waals surface area contributed by atoms with Gasteiger partial charge in [-0.25, -0.2) is 5.43 Å². The van der Waals surface area contributed by atoms with Gasteiger partial charge in [0.2, 0.25) is 6.79 Å². The maximum Gasteiger partial charge on any atom is 0.254 e. The lowest BCUT2D eigenvalue weighted by Crippen LogP contribution is -2.42. The molecule has 4 rings (SSSR count). The first kappa shape index (κ1) is 23.3. The van der Waals surface area contributed by atoms with Gasteiger partial charge in [0.05, 0.1) is 37.1 Å². The van der Waals surface area contributed by atoms with Crippen LogP contribution >= 0.6 is 15.9 Å². The minimum atomic E-state index is -0.166. The average molecular weight is 520 g/mol. The molecule has 1 fully saturated rings. The van der Waals surface area contributed by atoms with E-state index in [1.165, 1.54) is 0 Å². The summed E-state index contributed by atoms with van der Waals surface area (Å²) < 4.78 is 28.6. The molecule has 2 aromatic rings. The van der Waals surface area contributed by atoms with Gasteiger partial charge in [0.1, 0.15) is 6.61 Å². The number of hydrogen-bond acceptors (Lipinski definition) is 8. The Kier molecular flexibility index (Phi) is 8.03. The second kappa shape index (κ2) is 11.4. The molecule has 0 aliphatic carbocycles. The third kappa shape index (κ3) is 6.37. The quantitative estimate of drug-likeness (QED) is 0.402. The van der Waals surface area contributed by atoms with Gasteiger partial charge in [-0.1, -0.05) is 6.07 Å². The molecule has 0 aromatic heterocycles. The number of benzene rings is 2. The lowest BCUT2D eigenvalue weighted by Gasteiger charge is -2.25. The zero-order valence-electron chi connectivity index (χ0n) is 18.3. The van der Waals surface area contributed by atoms with E-state index in [4.69, 9.17) is 23.7 Å². The number of hydrogen-bond donors (Lipinski definition) is 1. The van der Waals surface area contributed by atoms with Gasteiger partial charge >= 0.3 is 0 Å². The molecule has 0 atom stereocenters. The molecule has 9 nitrogen and oxygen atoms in total. The fourth-order valence-electron chi connectivity index (χ4n) is 3.43. The van der Waals surface area contributed by atoms with Crippen molar-refractivity contribution in [1.29, 1.82) is 0 Å².